The largest absolute Gasteiger partial charge is 0.353 e. The Balaban J connectivity index is 1.70. The van der Waals surface area contributed by atoms with Crippen LogP contribution < -0.4 is 10.6 Å². The van der Waals surface area contributed by atoms with Crippen LogP contribution in [0.3, 0.4) is 0 Å². The lowest BCUT2D eigenvalue weighted by atomic mass is 9.84. The average molecular weight is 238 g/mol. The first kappa shape index (κ1) is 12.9. The first-order chi connectivity index (χ1) is 8.20. The Labute approximate surface area is 105 Å². The van der Waals surface area contributed by atoms with Crippen molar-refractivity contribution >= 4 is 5.91 Å². The molecule has 0 spiro atoms. The van der Waals surface area contributed by atoms with Gasteiger partial charge in [0.2, 0.25) is 5.91 Å². The van der Waals surface area contributed by atoms with Crippen molar-refractivity contribution in [2.75, 3.05) is 13.1 Å². The molecule has 0 aliphatic heterocycles. The molecule has 4 unspecified atom stereocenters. The van der Waals surface area contributed by atoms with Crippen molar-refractivity contribution in [1.29, 1.82) is 0 Å². The molecule has 3 nitrogen and oxygen atoms in total. The Morgan fingerprint density at radius 1 is 1.35 bits per heavy atom. The van der Waals surface area contributed by atoms with Crippen molar-refractivity contribution in [3.63, 3.8) is 0 Å². The minimum Gasteiger partial charge on any atom is -0.353 e. The van der Waals surface area contributed by atoms with Crippen molar-refractivity contribution < 1.29 is 4.79 Å². The summed E-state index contributed by atoms with van der Waals surface area (Å²) >= 11 is 0. The van der Waals surface area contributed by atoms with Gasteiger partial charge in [0.1, 0.15) is 0 Å². The lowest BCUT2D eigenvalue weighted by Crippen LogP contribution is -2.40. The van der Waals surface area contributed by atoms with E-state index in [-0.39, 0.29) is 5.91 Å². The fourth-order valence-electron chi connectivity index (χ4n) is 3.72. The van der Waals surface area contributed by atoms with E-state index in [1.807, 2.05) is 0 Å². The fourth-order valence-corrected chi connectivity index (χ4v) is 3.72. The maximum Gasteiger partial charge on any atom is 0.221 e. The molecule has 0 saturated heterocycles. The summed E-state index contributed by atoms with van der Waals surface area (Å²) < 4.78 is 0. The molecule has 2 saturated carbocycles. The summed E-state index contributed by atoms with van der Waals surface area (Å²) in [6.07, 6.45) is 6.20. The average Bonchev–Trinajstić information content (AvgIpc) is 2.91. The van der Waals surface area contributed by atoms with Gasteiger partial charge in [-0.1, -0.05) is 13.3 Å². The van der Waals surface area contributed by atoms with E-state index in [1.165, 1.54) is 25.7 Å². The first-order valence-corrected chi connectivity index (χ1v) is 7.20. The van der Waals surface area contributed by atoms with Crippen molar-refractivity contribution in [3.8, 4) is 0 Å². The van der Waals surface area contributed by atoms with Gasteiger partial charge in [-0.3, -0.25) is 4.79 Å². The van der Waals surface area contributed by atoms with Gasteiger partial charge < -0.3 is 10.6 Å². The summed E-state index contributed by atoms with van der Waals surface area (Å²) in [6.45, 7) is 5.99. The number of carbonyl (C=O) groups is 1. The molecule has 2 N–H and O–H groups in total. The fraction of sp³-hybridized carbons (Fsp3) is 0.929. The Morgan fingerprint density at radius 2 is 2.18 bits per heavy atom. The Bertz CT molecular complexity index is 267. The molecule has 17 heavy (non-hydrogen) atoms. The van der Waals surface area contributed by atoms with Crippen LogP contribution in [0.2, 0.25) is 0 Å². The summed E-state index contributed by atoms with van der Waals surface area (Å²) in [5.74, 6) is 2.81. The summed E-state index contributed by atoms with van der Waals surface area (Å²) in [6, 6.07) is 0.374. The van der Waals surface area contributed by atoms with E-state index in [1.54, 1.807) is 0 Å². The molecular weight excluding hydrogens is 212 g/mol. The third-order valence-electron chi connectivity index (χ3n) is 4.60. The smallest absolute Gasteiger partial charge is 0.221 e. The summed E-state index contributed by atoms with van der Waals surface area (Å²) in [5, 5.41) is 6.37. The van der Waals surface area contributed by atoms with Gasteiger partial charge in [-0.25, -0.2) is 0 Å². The van der Waals surface area contributed by atoms with E-state index in [0.29, 0.717) is 12.5 Å². The van der Waals surface area contributed by atoms with Gasteiger partial charge in [0.15, 0.2) is 0 Å². The second kappa shape index (κ2) is 5.85. The highest BCUT2D eigenvalue weighted by atomic mass is 16.1. The van der Waals surface area contributed by atoms with Crippen LogP contribution in [0.25, 0.3) is 0 Å². The van der Waals surface area contributed by atoms with Crippen LogP contribution in [0.15, 0.2) is 0 Å². The van der Waals surface area contributed by atoms with Crippen molar-refractivity contribution in [2.24, 2.45) is 17.8 Å². The first-order valence-electron chi connectivity index (χ1n) is 7.20. The third kappa shape index (κ3) is 3.21. The van der Waals surface area contributed by atoms with Gasteiger partial charge in [0, 0.05) is 19.0 Å². The number of hydrogen-bond acceptors (Lipinski definition) is 2. The number of amides is 1. The van der Waals surface area contributed by atoms with Crippen LogP contribution in [0, 0.1) is 17.8 Å². The number of fused-ring (bicyclic) bond motifs is 2. The predicted molar refractivity (Wildman–Crippen MR) is 69.7 cm³/mol. The molecule has 0 radical (unpaired) electrons. The standard InChI is InChI=1S/C14H26N2O/c1-3-15-7-6-14(17)16-10(2)13-9-11-4-5-12(13)8-11/h10-13,15H,3-9H2,1-2H3,(H,16,17). The lowest BCUT2D eigenvalue weighted by Gasteiger charge is -2.28. The molecule has 0 aromatic heterocycles. The second-order valence-corrected chi connectivity index (χ2v) is 5.80. The molecule has 0 aromatic carbocycles. The van der Waals surface area contributed by atoms with Crippen molar-refractivity contribution in [3.05, 3.63) is 0 Å². The predicted octanol–water partition coefficient (Wildman–Crippen LogP) is 1.93. The second-order valence-electron chi connectivity index (χ2n) is 5.80. The SMILES string of the molecule is CCNCCC(=O)NC(C)C1CC2CCC1C2. The number of nitrogens with one attached hydrogen (secondary N) is 2. The maximum atomic E-state index is 11.7. The van der Waals surface area contributed by atoms with Crippen molar-refractivity contribution in [2.45, 2.75) is 52.0 Å². The van der Waals surface area contributed by atoms with E-state index in [9.17, 15) is 4.79 Å². The molecule has 2 fully saturated rings. The topological polar surface area (TPSA) is 41.1 Å². The van der Waals surface area contributed by atoms with E-state index in [2.05, 4.69) is 24.5 Å². The van der Waals surface area contributed by atoms with Crippen LogP contribution in [0.5, 0.6) is 0 Å². The molecule has 2 aliphatic rings. The van der Waals surface area contributed by atoms with Gasteiger partial charge in [-0.15, -0.1) is 0 Å². The number of hydrogen-bond donors (Lipinski definition) is 2. The van der Waals surface area contributed by atoms with Crippen LogP contribution in [0.1, 0.15) is 46.0 Å². The molecule has 2 aliphatic carbocycles. The zero-order valence-electron chi connectivity index (χ0n) is 11.2. The van der Waals surface area contributed by atoms with Gasteiger partial charge in [-0.05, 0) is 50.5 Å². The quantitative estimate of drug-likeness (QED) is 0.694. The minimum atomic E-state index is 0.209. The highest BCUT2D eigenvalue weighted by Crippen LogP contribution is 2.49. The van der Waals surface area contributed by atoms with E-state index in [0.717, 1.165) is 30.8 Å². The Hall–Kier alpha value is -0.570. The zero-order valence-corrected chi connectivity index (χ0v) is 11.2. The molecule has 4 atom stereocenters. The van der Waals surface area contributed by atoms with Crippen LogP contribution in [-0.4, -0.2) is 25.0 Å². The minimum absolute atomic E-state index is 0.209. The van der Waals surface area contributed by atoms with Crippen molar-refractivity contribution in [1.82, 2.24) is 10.6 Å². The zero-order chi connectivity index (χ0) is 12.3. The third-order valence-corrected chi connectivity index (χ3v) is 4.60. The summed E-state index contributed by atoms with van der Waals surface area (Å²) in [4.78, 5) is 11.7. The number of rotatable bonds is 6. The monoisotopic (exact) mass is 238 g/mol. The molecule has 0 heterocycles. The highest BCUT2D eigenvalue weighted by molar-refractivity contribution is 5.76. The molecule has 3 heteroatoms. The van der Waals surface area contributed by atoms with Crippen LogP contribution >= 0.6 is 0 Å². The van der Waals surface area contributed by atoms with E-state index >= 15 is 0 Å². The van der Waals surface area contributed by atoms with Gasteiger partial charge in [-0.2, -0.15) is 0 Å². The van der Waals surface area contributed by atoms with Crippen LogP contribution in [0.4, 0.5) is 0 Å². The highest BCUT2D eigenvalue weighted by Gasteiger charge is 2.41. The van der Waals surface area contributed by atoms with E-state index in [4.69, 9.17) is 0 Å². The normalized spacial score (nSPS) is 32.7. The summed E-state index contributed by atoms with van der Waals surface area (Å²) in [7, 11) is 0. The molecule has 2 bridgehead atoms. The Kier molecular flexibility index (Phi) is 4.43. The maximum absolute atomic E-state index is 11.7. The summed E-state index contributed by atoms with van der Waals surface area (Å²) in [5.41, 5.74) is 0. The van der Waals surface area contributed by atoms with Gasteiger partial charge >= 0.3 is 0 Å². The molecule has 0 aromatic rings. The lowest BCUT2D eigenvalue weighted by molar-refractivity contribution is -0.122. The van der Waals surface area contributed by atoms with Crippen LogP contribution in [-0.2, 0) is 4.79 Å². The molecular formula is C14H26N2O. The van der Waals surface area contributed by atoms with Gasteiger partial charge in [0.05, 0.1) is 0 Å². The molecule has 98 valence electrons. The molecule has 1 amide bonds. The van der Waals surface area contributed by atoms with E-state index < -0.39 is 0 Å². The van der Waals surface area contributed by atoms with Gasteiger partial charge in [0.25, 0.3) is 0 Å². The number of carbonyl (C=O) groups excluding carboxylic acids is 1. The Morgan fingerprint density at radius 3 is 2.76 bits per heavy atom. The molecule has 2 rings (SSSR count).